The van der Waals surface area contributed by atoms with E-state index in [1.807, 2.05) is 30.6 Å². The Bertz CT molecular complexity index is 822. The molecule has 128 valence electrons. The van der Waals surface area contributed by atoms with Crippen LogP contribution in [0, 0.1) is 12.8 Å². The Hall–Kier alpha value is -1.35. The summed E-state index contributed by atoms with van der Waals surface area (Å²) in [7, 11) is -3.24. The van der Waals surface area contributed by atoms with Crippen molar-refractivity contribution < 1.29 is 8.42 Å². The Morgan fingerprint density at radius 3 is 2.83 bits per heavy atom. The molecule has 0 unspecified atom stereocenters. The topological polar surface area (TPSA) is 66.4 Å². The van der Waals surface area contributed by atoms with Gasteiger partial charge in [-0.05, 0) is 18.6 Å². The molecule has 2 saturated heterocycles. The van der Waals surface area contributed by atoms with Gasteiger partial charge in [0.05, 0.1) is 22.5 Å². The van der Waals surface area contributed by atoms with Crippen LogP contribution in [0.3, 0.4) is 0 Å². The van der Waals surface area contributed by atoms with Gasteiger partial charge in [0.1, 0.15) is 0 Å². The Morgan fingerprint density at radius 2 is 2.17 bits per heavy atom. The van der Waals surface area contributed by atoms with Gasteiger partial charge in [0.15, 0.2) is 0 Å². The van der Waals surface area contributed by atoms with Crippen LogP contribution >= 0.6 is 11.3 Å². The zero-order chi connectivity index (χ0) is 16.7. The van der Waals surface area contributed by atoms with Gasteiger partial charge < -0.3 is 0 Å². The lowest BCUT2D eigenvalue weighted by Crippen LogP contribution is -2.34. The molecule has 2 aliphatic heterocycles. The summed E-state index contributed by atoms with van der Waals surface area (Å²) in [6, 6.07) is 3.95. The molecular formula is C16H20N4O2S2. The molecule has 0 saturated carbocycles. The molecule has 0 spiro atoms. The van der Waals surface area contributed by atoms with Gasteiger partial charge in [-0.3, -0.25) is 9.88 Å². The van der Waals surface area contributed by atoms with Crippen LogP contribution < -0.4 is 0 Å². The number of aromatic nitrogens is 2. The van der Waals surface area contributed by atoms with Crippen LogP contribution in [0.1, 0.15) is 16.3 Å². The summed E-state index contributed by atoms with van der Waals surface area (Å²) >= 11 is 1.56. The van der Waals surface area contributed by atoms with Crippen LogP contribution in [0.15, 0.2) is 29.9 Å². The van der Waals surface area contributed by atoms with Gasteiger partial charge in [0, 0.05) is 49.9 Å². The summed E-state index contributed by atoms with van der Waals surface area (Å²) in [5.41, 5.74) is 1.98. The summed E-state index contributed by atoms with van der Waals surface area (Å²) in [5, 5.41) is 2.64. The van der Waals surface area contributed by atoms with E-state index in [2.05, 4.69) is 14.9 Å². The number of thiazole rings is 1. The Morgan fingerprint density at radius 1 is 1.29 bits per heavy atom. The molecule has 0 bridgehead atoms. The number of nitrogens with zero attached hydrogens (tertiary/aromatic N) is 4. The SMILES string of the molecule is Cc1nc(CN2C[C@H]3CN(Cc4cccnc4)C[C@@H]3S2(=O)=O)cs1. The lowest BCUT2D eigenvalue weighted by molar-refractivity contribution is 0.294. The van der Waals surface area contributed by atoms with E-state index in [9.17, 15) is 8.42 Å². The van der Waals surface area contributed by atoms with Crippen LogP contribution in [-0.2, 0) is 23.1 Å². The first kappa shape index (κ1) is 16.1. The molecule has 2 aromatic heterocycles. The normalized spacial score (nSPS) is 26.7. The average Bonchev–Trinajstić information content (AvgIpc) is 3.19. The molecule has 24 heavy (non-hydrogen) atoms. The second-order valence-corrected chi connectivity index (χ2v) is 9.76. The molecule has 6 nitrogen and oxygen atoms in total. The second kappa shape index (κ2) is 6.18. The first-order valence-electron chi connectivity index (χ1n) is 8.03. The number of likely N-dealkylation sites (tertiary alicyclic amines) is 1. The first-order chi connectivity index (χ1) is 11.5. The maximum atomic E-state index is 12.8. The van der Waals surface area contributed by atoms with Gasteiger partial charge in [0.2, 0.25) is 10.0 Å². The van der Waals surface area contributed by atoms with Gasteiger partial charge in [-0.15, -0.1) is 11.3 Å². The number of rotatable bonds is 4. The van der Waals surface area contributed by atoms with E-state index in [0.717, 1.165) is 29.4 Å². The molecule has 4 heterocycles. The zero-order valence-corrected chi connectivity index (χ0v) is 15.1. The lowest BCUT2D eigenvalue weighted by Gasteiger charge is -2.20. The number of fused-ring (bicyclic) bond motifs is 1. The third-order valence-corrected chi connectivity index (χ3v) is 7.89. The van der Waals surface area contributed by atoms with Crippen LogP contribution in [0.2, 0.25) is 0 Å². The third-order valence-electron chi connectivity index (χ3n) is 4.77. The van der Waals surface area contributed by atoms with E-state index in [4.69, 9.17) is 0 Å². The summed E-state index contributed by atoms with van der Waals surface area (Å²) in [5.74, 6) is 0.186. The van der Waals surface area contributed by atoms with E-state index in [-0.39, 0.29) is 11.2 Å². The van der Waals surface area contributed by atoms with E-state index in [1.54, 1.807) is 21.8 Å². The molecule has 0 aromatic carbocycles. The van der Waals surface area contributed by atoms with E-state index < -0.39 is 10.0 Å². The minimum absolute atomic E-state index is 0.186. The van der Waals surface area contributed by atoms with Crippen molar-refractivity contribution in [1.29, 1.82) is 0 Å². The highest BCUT2D eigenvalue weighted by Crippen LogP contribution is 2.35. The first-order valence-corrected chi connectivity index (χ1v) is 10.4. The van der Waals surface area contributed by atoms with Gasteiger partial charge in [-0.2, -0.15) is 4.31 Å². The molecule has 2 aromatic rings. The molecule has 0 amide bonds. The van der Waals surface area contributed by atoms with E-state index in [0.29, 0.717) is 19.6 Å². The number of aryl methyl sites for hydroxylation is 1. The minimum atomic E-state index is -3.24. The fourth-order valence-corrected chi connectivity index (χ4v) is 6.45. The van der Waals surface area contributed by atoms with Crippen molar-refractivity contribution in [2.45, 2.75) is 25.3 Å². The number of sulfonamides is 1. The highest BCUT2D eigenvalue weighted by molar-refractivity contribution is 7.90. The molecule has 2 atom stereocenters. The van der Waals surface area contributed by atoms with Crippen molar-refractivity contribution >= 4 is 21.4 Å². The average molecular weight is 364 g/mol. The zero-order valence-electron chi connectivity index (χ0n) is 13.5. The highest BCUT2D eigenvalue weighted by Gasteiger charge is 2.50. The van der Waals surface area contributed by atoms with Crippen molar-refractivity contribution in [3.05, 3.63) is 46.2 Å². The number of hydrogen-bond donors (Lipinski definition) is 0. The lowest BCUT2D eigenvalue weighted by atomic mass is 10.1. The fourth-order valence-electron chi connectivity index (χ4n) is 3.69. The van der Waals surface area contributed by atoms with Crippen molar-refractivity contribution in [2.75, 3.05) is 19.6 Å². The van der Waals surface area contributed by atoms with Crippen LogP contribution in [0.25, 0.3) is 0 Å². The monoisotopic (exact) mass is 364 g/mol. The minimum Gasteiger partial charge on any atom is -0.297 e. The van der Waals surface area contributed by atoms with Crippen LogP contribution in [-0.4, -0.2) is 52.5 Å². The van der Waals surface area contributed by atoms with Crippen molar-refractivity contribution in [3.63, 3.8) is 0 Å². The van der Waals surface area contributed by atoms with E-state index in [1.165, 1.54) is 0 Å². The van der Waals surface area contributed by atoms with Gasteiger partial charge in [-0.25, -0.2) is 13.4 Å². The Labute approximate surface area is 146 Å². The standard InChI is InChI=1S/C16H20N4O2S2/c1-12-18-15(11-23-12)9-20-8-14-7-19(10-16(14)24(20,21)22)6-13-3-2-4-17-5-13/h2-5,11,14,16H,6-10H2,1H3/t14-,16+/m1/s1. The molecule has 2 aliphatic rings. The maximum absolute atomic E-state index is 12.8. The molecule has 2 fully saturated rings. The fraction of sp³-hybridized carbons (Fsp3) is 0.500. The molecule has 4 rings (SSSR count). The van der Waals surface area contributed by atoms with Gasteiger partial charge in [-0.1, -0.05) is 6.07 Å². The predicted molar refractivity (Wildman–Crippen MR) is 93.0 cm³/mol. The Balaban J connectivity index is 1.44. The van der Waals surface area contributed by atoms with Gasteiger partial charge >= 0.3 is 0 Å². The van der Waals surface area contributed by atoms with Crippen molar-refractivity contribution in [3.8, 4) is 0 Å². The molecule has 0 radical (unpaired) electrons. The maximum Gasteiger partial charge on any atom is 0.218 e. The third kappa shape index (κ3) is 2.99. The van der Waals surface area contributed by atoms with Crippen LogP contribution in [0.5, 0.6) is 0 Å². The summed E-state index contributed by atoms with van der Waals surface area (Å²) < 4.78 is 27.3. The summed E-state index contributed by atoms with van der Waals surface area (Å²) in [4.78, 5) is 10.8. The largest absolute Gasteiger partial charge is 0.297 e. The van der Waals surface area contributed by atoms with Gasteiger partial charge in [0.25, 0.3) is 0 Å². The summed E-state index contributed by atoms with van der Waals surface area (Å²) in [6.07, 6.45) is 3.60. The molecular weight excluding hydrogens is 344 g/mol. The molecule has 0 aliphatic carbocycles. The molecule has 8 heteroatoms. The van der Waals surface area contributed by atoms with Crippen LogP contribution in [0.4, 0.5) is 0 Å². The predicted octanol–water partition coefficient (Wildman–Crippen LogP) is 1.49. The highest BCUT2D eigenvalue weighted by atomic mass is 32.2. The quantitative estimate of drug-likeness (QED) is 0.822. The number of hydrogen-bond acceptors (Lipinski definition) is 6. The summed E-state index contributed by atoms with van der Waals surface area (Å²) in [6.45, 7) is 5.15. The smallest absolute Gasteiger partial charge is 0.218 e. The molecule has 0 N–H and O–H groups in total. The van der Waals surface area contributed by atoms with E-state index >= 15 is 0 Å². The Kier molecular flexibility index (Phi) is 4.16. The van der Waals surface area contributed by atoms with Crippen molar-refractivity contribution in [1.82, 2.24) is 19.2 Å². The second-order valence-electron chi connectivity index (χ2n) is 6.55. The number of pyridine rings is 1. The van der Waals surface area contributed by atoms with Crippen molar-refractivity contribution in [2.24, 2.45) is 5.92 Å².